The first-order valence-corrected chi connectivity index (χ1v) is 5.21. The van der Waals surface area contributed by atoms with Gasteiger partial charge in [-0.2, -0.15) is 0 Å². The minimum absolute atomic E-state index is 0.0115. The molecular weight excluding hydrogens is 260 g/mol. The maximum absolute atomic E-state index is 8.73. The largest absolute Gasteiger partial charge is 0.496 e. The lowest BCUT2D eigenvalue weighted by molar-refractivity contribution is 0.343. The number of hydrogen-bond acceptors (Lipinski definition) is 3. The third kappa shape index (κ3) is 2.97. The van der Waals surface area contributed by atoms with Gasteiger partial charge in [0.25, 0.3) is 0 Å². The van der Waals surface area contributed by atoms with Crippen LogP contribution in [-0.4, -0.2) is 25.9 Å². The topological polar surface area (TPSA) is 38.7 Å². The van der Waals surface area contributed by atoms with Gasteiger partial charge in [0.2, 0.25) is 0 Å². The van der Waals surface area contributed by atoms with Crippen LogP contribution in [-0.2, 0) is 0 Å². The zero-order valence-electron chi connectivity index (χ0n) is 8.66. The van der Waals surface area contributed by atoms with Crippen LogP contribution in [0, 0.1) is 0 Å². The van der Waals surface area contributed by atoms with E-state index in [-0.39, 0.29) is 6.61 Å². The summed E-state index contributed by atoms with van der Waals surface area (Å²) in [7, 11) is 3.19. The van der Waals surface area contributed by atoms with Crippen molar-refractivity contribution >= 4 is 22.0 Å². The summed E-state index contributed by atoms with van der Waals surface area (Å²) in [6.45, 7) is -0.0115. The monoisotopic (exact) mass is 272 g/mol. The van der Waals surface area contributed by atoms with Gasteiger partial charge in [-0.25, -0.2) is 0 Å². The summed E-state index contributed by atoms with van der Waals surface area (Å²) in [5.74, 6) is 1.40. The third-order valence-corrected chi connectivity index (χ3v) is 2.36. The molecule has 1 aromatic rings. The minimum atomic E-state index is -0.0115. The van der Waals surface area contributed by atoms with Crippen molar-refractivity contribution in [2.45, 2.75) is 0 Å². The molecular formula is C11H13BrO3. The molecule has 15 heavy (non-hydrogen) atoms. The number of ether oxygens (including phenoxy) is 2. The first kappa shape index (κ1) is 12.1. The Kier molecular flexibility index (Phi) is 4.65. The van der Waals surface area contributed by atoms with Gasteiger partial charge >= 0.3 is 0 Å². The lowest BCUT2D eigenvalue weighted by Gasteiger charge is -2.10. The summed E-state index contributed by atoms with van der Waals surface area (Å²) in [6.07, 6.45) is 3.40. The smallest absolute Gasteiger partial charge is 0.130 e. The molecule has 1 N–H and O–H groups in total. The highest BCUT2D eigenvalue weighted by atomic mass is 79.9. The zero-order chi connectivity index (χ0) is 11.3. The second-order valence-corrected chi connectivity index (χ2v) is 3.72. The summed E-state index contributed by atoms with van der Waals surface area (Å²) in [5.41, 5.74) is 0.817. The Hall–Kier alpha value is -1.00. The third-order valence-electron chi connectivity index (χ3n) is 1.90. The first-order valence-electron chi connectivity index (χ1n) is 4.41. The van der Waals surface area contributed by atoms with E-state index in [1.807, 2.05) is 12.1 Å². The van der Waals surface area contributed by atoms with Crippen LogP contribution in [0.15, 0.2) is 22.7 Å². The highest BCUT2D eigenvalue weighted by Gasteiger charge is 2.08. The van der Waals surface area contributed by atoms with Crippen LogP contribution < -0.4 is 9.47 Å². The molecule has 0 amide bonds. The molecule has 0 aliphatic rings. The molecule has 0 heterocycles. The molecule has 3 nitrogen and oxygen atoms in total. The summed E-state index contributed by atoms with van der Waals surface area (Å²) < 4.78 is 11.3. The van der Waals surface area contributed by atoms with Gasteiger partial charge in [-0.05, 0) is 18.2 Å². The van der Waals surface area contributed by atoms with Gasteiger partial charge in [0.05, 0.1) is 26.4 Å². The summed E-state index contributed by atoms with van der Waals surface area (Å²) >= 11 is 3.36. The van der Waals surface area contributed by atoms with Gasteiger partial charge < -0.3 is 14.6 Å². The average molecular weight is 273 g/mol. The molecule has 0 bridgehead atoms. The van der Waals surface area contributed by atoms with E-state index in [2.05, 4.69) is 15.9 Å². The minimum Gasteiger partial charge on any atom is -0.496 e. The number of hydrogen-bond donors (Lipinski definition) is 1. The zero-order valence-corrected chi connectivity index (χ0v) is 10.2. The summed E-state index contributed by atoms with van der Waals surface area (Å²) in [6, 6.07) is 3.69. The van der Waals surface area contributed by atoms with Crippen molar-refractivity contribution in [3.63, 3.8) is 0 Å². The first-order chi connectivity index (χ1) is 7.22. The number of rotatable bonds is 4. The number of aliphatic hydroxyl groups excluding tert-OH is 1. The lowest BCUT2D eigenvalue weighted by atomic mass is 10.1. The predicted octanol–water partition coefficient (Wildman–Crippen LogP) is 2.47. The number of benzene rings is 1. The van der Waals surface area contributed by atoms with E-state index >= 15 is 0 Å². The van der Waals surface area contributed by atoms with Crippen molar-refractivity contribution < 1.29 is 14.6 Å². The van der Waals surface area contributed by atoms with Gasteiger partial charge in [0.15, 0.2) is 0 Å². The van der Waals surface area contributed by atoms with Crippen molar-refractivity contribution in [2.75, 3.05) is 20.8 Å². The van der Waals surface area contributed by atoms with Gasteiger partial charge in [-0.3, -0.25) is 0 Å². The fourth-order valence-electron chi connectivity index (χ4n) is 1.24. The summed E-state index contributed by atoms with van der Waals surface area (Å²) in [4.78, 5) is 0. The van der Waals surface area contributed by atoms with Crippen molar-refractivity contribution in [3.05, 3.63) is 28.2 Å². The van der Waals surface area contributed by atoms with Crippen LogP contribution in [0.25, 0.3) is 6.08 Å². The van der Waals surface area contributed by atoms with Crippen LogP contribution >= 0.6 is 15.9 Å². The van der Waals surface area contributed by atoms with E-state index in [9.17, 15) is 0 Å². The lowest BCUT2D eigenvalue weighted by Crippen LogP contribution is -1.93. The molecule has 0 radical (unpaired) electrons. The van der Waals surface area contributed by atoms with Crippen molar-refractivity contribution in [1.82, 2.24) is 0 Å². The molecule has 1 rings (SSSR count). The Balaban J connectivity index is 3.24. The Morgan fingerprint density at radius 2 is 1.80 bits per heavy atom. The molecule has 0 unspecified atom stereocenters. The molecule has 4 heteroatoms. The van der Waals surface area contributed by atoms with Crippen molar-refractivity contribution in [2.24, 2.45) is 0 Å². The number of methoxy groups -OCH3 is 2. The molecule has 0 aromatic heterocycles. The predicted molar refractivity (Wildman–Crippen MR) is 63.4 cm³/mol. The SMILES string of the molecule is COc1cc(Br)cc(OC)c1/C=C/CO. The van der Waals surface area contributed by atoms with Crippen LogP contribution in [0.5, 0.6) is 11.5 Å². The Morgan fingerprint density at radius 1 is 1.27 bits per heavy atom. The number of halogens is 1. The Morgan fingerprint density at radius 3 is 2.20 bits per heavy atom. The second kappa shape index (κ2) is 5.78. The highest BCUT2D eigenvalue weighted by Crippen LogP contribution is 2.33. The molecule has 0 saturated carbocycles. The molecule has 0 atom stereocenters. The van der Waals surface area contributed by atoms with Crippen molar-refractivity contribution in [1.29, 1.82) is 0 Å². The Bertz CT molecular complexity index is 336. The molecule has 0 aliphatic heterocycles. The van der Waals surface area contributed by atoms with Gasteiger partial charge in [-0.1, -0.05) is 22.0 Å². The molecule has 0 aliphatic carbocycles. The van der Waals surface area contributed by atoms with Crippen LogP contribution in [0.2, 0.25) is 0 Å². The van der Waals surface area contributed by atoms with Gasteiger partial charge in [0.1, 0.15) is 11.5 Å². The summed E-state index contributed by atoms with van der Waals surface area (Å²) in [5, 5.41) is 8.73. The van der Waals surface area contributed by atoms with Crippen LogP contribution in [0.3, 0.4) is 0 Å². The van der Waals surface area contributed by atoms with E-state index in [1.54, 1.807) is 26.4 Å². The Labute approximate surface area is 97.5 Å². The molecule has 1 aromatic carbocycles. The fraction of sp³-hybridized carbons (Fsp3) is 0.273. The quantitative estimate of drug-likeness (QED) is 0.915. The molecule has 0 fully saturated rings. The fourth-order valence-corrected chi connectivity index (χ4v) is 1.66. The van der Waals surface area contributed by atoms with Gasteiger partial charge in [-0.15, -0.1) is 0 Å². The van der Waals surface area contributed by atoms with E-state index in [0.29, 0.717) is 11.5 Å². The van der Waals surface area contributed by atoms with Gasteiger partial charge in [0, 0.05) is 4.47 Å². The van der Waals surface area contributed by atoms with Crippen molar-refractivity contribution in [3.8, 4) is 11.5 Å². The standard InChI is InChI=1S/C11H13BrO3/c1-14-10-6-8(12)7-11(15-2)9(10)4-3-5-13/h3-4,6-7,13H,5H2,1-2H3/b4-3+. The maximum atomic E-state index is 8.73. The van der Waals surface area contributed by atoms with E-state index in [0.717, 1.165) is 10.0 Å². The van der Waals surface area contributed by atoms with Crippen LogP contribution in [0.4, 0.5) is 0 Å². The maximum Gasteiger partial charge on any atom is 0.130 e. The number of aliphatic hydroxyl groups is 1. The highest BCUT2D eigenvalue weighted by molar-refractivity contribution is 9.10. The van der Waals surface area contributed by atoms with Crippen LogP contribution in [0.1, 0.15) is 5.56 Å². The normalized spacial score (nSPS) is 10.7. The second-order valence-electron chi connectivity index (χ2n) is 2.81. The van der Waals surface area contributed by atoms with E-state index in [1.165, 1.54) is 0 Å². The molecule has 82 valence electrons. The van der Waals surface area contributed by atoms with E-state index in [4.69, 9.17) is 14.6 Å². The average Bonchev–Trinajstić information content (AvgIpc) is 2.26. The van der Waals surface area contributed by atoms with E-state index < -0.39 is 0 Å². The molecule has 0 spiro atoms. The molecule has 0 saturated heterocycles.